The lowest BCUT2D eigenvalue weighted by Crippen LogP contribution is -2.49. The van der Waals surface area contributed by atoms with Gasteiger partial charge in [-0.25, -0.2) is 12.8 Å². The number of benzene rings is 1. The second kappa shape index (κ2) is 7.44. The molecule has 0 aliphatic carbocycles. The molecule has 0 aromatic heterocycles. The SMILES string of the molecule is Cc1cc(S(=O)(=O)N2CCC(N3CCNCC3)C2)ccc1F.Cl. The van der Waals surface area contributed by atoms with Gasteiger partial charge in [0.15, 0.2) is 0 Å². The Kier molecular flexibility index (Phi) is 6.02. The first-order chi connectivity index (χ1) is 10.5. The minimum Gasteiger partial charge on any atom is -0.314 e. The first kappa shape index (κ1) is 18.6. The quantitative estimate of drug-likeness (QED) is 0.877. The van der Waals surface area contributed by atoms with Gasteiger partial charge in [0.25, 0.3) is 0 Å². The van der Waals surface area contributed by atoms with E-state index in [0.717, 1.165) is 32.6 Å². The molecule has 2 saturated heterocycles. The Morgan fingerprint density at radius 1 is 1.22 bits per heavy atom. The number of hydrogen-bond acceptors (Lipinski definition) is 4. The largest absolute Gasteiger partial charge is 0.314 e. The molecule has 1 aromatic carbocycles. The Bertz CT molecular complexity index is 650. The van der Waals surface area contributed by atoms with Crippen LogP contribution in [0.4, 0.5) is 4.39 Å². The molecular weight excluding hydrogens is 341 g/mol. The number of aryl methyl sites for hydroxylation is 1. The van der Waals surface area contributed by atoms with E-state index in [1.165, 1.54) is 22.5 Å². The summed E-state index contributed by atoms with van der Waals surface area (Å²) in [6.07, 6.45) is 0.861. The van der Waals surface area contributed by atoms with Crippen LogP contribution in [-0.2, 0) is 10.0 Å². The predicted molar refractivity (Wildman–Crippen MR) is 90.0 cm³/mol. The molecule has 2 heterocycles. The van der Waals surface area contributed by atoms with Crippen molar-refractivity contribution >= 4 is 22.4 Å². The number of rotatable bonds is 3. The van der Waals surface area contributed by atoms with Crippen molar-refractivity contribution in [2.75, 3.05) is 39.3 Å². The van der Waals surface area contributed by atoms with Gasteiger partial charge in [0.05, 0.1) is 4.90 Å². The smallest absolute Gasteiger partial charge is 0.243 e. The van der Waals surface area contributed by atoms with Crippen LogP contribution >= 0.6 is 12.4 Å². The highest BCUT2D eigenvalue weighted by atomic mass is 35.5. The normalized spacial score (nSPS) is 23.7. The predicted octanol–water partition coefficient (Wildman–Crippen LogP) is 1.22. The summed E-state index contributed by atoms with van der Waals surface area (Å²) < 4.78 is 40.3. The zero-order chi connectivity index (χ0) is 15.7. The van der Waals surface area contributed by atoms with E-state index in [1.807, 2.05) is 0 Å². The lowest BCUT2D eigenvalue weighted by Gasteiger charge is -2.32. The van der Waals surface area contributed by atoms with E-state index in [2.05, 4.69) is 10.2 Å². The van der Waals surface area contributed by atoms with Gasteiger partial charge in [0, 0.05) is 45.3 Å². The molecule has 1 atom stereocenters. The van der Waals surface area contributed by atoms with Gasteiger partial charge in [-0.05, 0) is 37.1 Å². The third kappa shape index (κ3) is 3.85. The zero-order valence-electron chi connectivity index (χ0n) is 13.2. The van der Waals surface area contributed by atoms with Crippen LogP contribution in [-0.4, -0.2) is 62.9 Å². The molecule has 0 amide bonds. The summed E-state index contributed by atoms with van der Waals surface area (Å²) in [4.78, 5) is 2.55. The van der Waals surface area contributed by atoms with Crippen molar-refractivity contribution in [2.24, 2.45) is 0 Å². The number of sulfonamides is 1. The molecule has 1 aromatic rings. The van der Waals surface area contributed by atoms with Crippen LogP contribution in [0.1, 0.15) is 12.0 Å². The van der Waals surface area contributed by atoms with Gasteiger partial charge in [0.2, 0.25) is 10.0 Å². The summed E-state index contributed by atoms with van der Waals surface area (Å²) in [5.41, 5.74) is 0.360. The molecule has 1 N–H and O–H groups in total. The van der Waals surface area contributed by atoms with E-state index in [9.17, 15) is 12.8 Å². The van der Waals surface area contributed by atoms with Crippen molar-refractivity contribution in [1.82, 2.24) is 14.5 Å². The highest BCUT2D eigenvalue weighted by Gasteiger charge is 2.35. The summed E-state index contributed by atoms with van der Waals surface area (Å²) in [7, 11) is -3.53. The van der Waals surface area contributed by atoms with Gasteiger partial charge in [0.1, 0.15) is 5.82 Å². The molecule has 23 heavy (non-hydrogen) atoms. The van der Waals surface area contributed by atoms with E-state index >= 15 is 0 Å². The standard InChI is InChI=1S/C15H22FN3O2S.ClH/c1-12-10-14(2-3-15(12)16)22(20,21)19-7-4-13(11-19)18-8-5-17-6-9-18;/h2-3,10,13,17H,4-9,11H2,1H3;1H. The monoisotopic (exact) mass is 363 g/mol. The summed E-state index contributed by atoms with van der Waals surface area (Å²) in [5.74, 6) is -0.376. The van der Waals surface area contributed by atoms with Crippen molar-refractivity contribution in [2.45, 2.75) is 24.3 Å². The summed E-state index contributed by atoms with van der Waals surface area (Å²) in [5, 5.41) is 3.31. The Morgan fingerprint density at radius 3 is 2.57 bits per heavy atom. The van der Waals surface area contributed by atoms with Crippen molar-refractivity contribution in [3.8, 4) is 0 Å². The maximum absolute atomic E-state index is 13.3. The topological polar surface area (TPSA) is 52.7 Å². The molecule has 0 saturated carbocycles. The fourth-order valence-corrected chi connectivity index (χ4v) is 4.78. The van der Waals surface area contributed by atoms with Crippen LogP contribution in [0.15, 0.2) is 23.1 Å². The van der Waals surface area contributed by atoms with Crippen molar-refractivity contribution in [3.05, 3.63) is 29.6 Å². The average molecular weight is 364 g/mol. The number of halogens is 2. The molecule has 2 aliphatic rings. The van der Waals surface area contributed by atoms with E-state index < -0.39 is 10.0 Å². The summed E-state index contributed by atoms with van der Waals surface area (Å²) in [6, 6.07) is 4.29. The van der Waals surface area contributed by atoms with Crippen molar-refractivity contribution in [1.29, 1.82) is 0 Å². The lowest BCUT2D eigenvalue weighted by atomic mass is 10.2. The van der Waals surface area contributed by atoms with Gasteiger partial charge in [-0.3, -0.25) is 4.90 Å². The summed E-state index contributed by atoms with van der Waals surface area (Å²) >= 11 is 0. The Hall–Kier alpha value is -0.730. The first-order valence-electron chi connectivity index (χ1n) is 7.69. The maximum Gasteiger partial charge on any atom is 0.243 e. The minimum absolute atomic E-state index is 0. The first-order valence-corrected chi connectivity index (χ1v) is 9.13. The van der Waals surface area contributed by atoms with Gasteiger partial charge < -0.3 is 5.32 Å². The molecule has 3 rings (SSSR count). The Balaban J connectivity index is 0.00000192. The highest BCUT2D eigenvalue weighted by Crippen LogP contribution is 2.25. The van der Waals surface area contributed by atoms with Crippen molar-refractivity contribution < 1.29 is 12.8 Å². The number of nitrogens with zero attached hydrogens (tertiary/aromatic N) is 2. The van der Waals surface area contributed by atoms with E-state index in [1.54, 1.807) is 6.92 Å². The van der Waals surface area contributed by atoms with Gasteiger partial charge >= 0.3 is 0 Å². The lowest BCUT2D eigenvalue weighted by molar-refractivity contribution is 0.179. The summed E-state index contributed by atoms with van der Waals surface area (Å²) in [6.45, 7) is 6.50. The van der Waals surface area contributed by atoms with E-state index in [0.29, 0.717) is 24.7 Å². The molecule has 2 aliphatic heterocycles. The third-order valence-corrected chi connectivity index (χ3v) is 6.42. The Morgan fingerprint density at radius 2 is 1.91 bits per heavy atom. The second-order valence-corrected chi connectivity index (χ2v) is 7.94. The van der Waals surface area contributed by atoms with Crippen LogP contribution in [0.2, 0.25) is 0 Å². The maximum atomic E-state index is 13.3. The molecule has 130 valence electrons. The Labute approximate surface area is 143 Å². The molecule has 0 bridgehead atoms. The average Bonchev–Trinajstić information content (AvgIpc) is 3.01. The van der Waals surface area contributed by atoms with Gasteiger partial charge in [-0.2, -0.15) is 4.31 Å². The number of hydrogen-bond donors (Lipinski definition) is 1. The molecular formula is C15H23ClFN3O2S. The third-order valence-electron chi connectivity index (χ3n) is 4.56. The molecule has 5 nitrogen and oxygen atoms in total. The number of piperazine rings is 1. The van der Waals surface area contributed by atoms with Crippen LogP contribution < -0.4 is 5.32 Å². The fraction of sp³-hybridized carbons (Fsp3) is 0.600. The fourth-order valence-electron chi connectivity index (χ4n) is 3.20. The van der Waals surface area contributed by atoms with Crippen LogP contribution in [0.25, 0.3) is 0 Å². The molecule has 8 heteroatoms. The van der Waals surface area contributed by atoms with Gasteiger partial charge in [-0.15, -0.1) is 12.4 Å². The van der Waals surface area contributed by atoms with E-state index in [4.69, 9.17) is 0 Å². The van der Waals surface area contributed by atoms with Crippen molar-refractivity contribution in [3.63, 3.8) is 0 Å². The van der Waals surface area contributed by atoms with Crippen LogP contribution in [0, 0.1) is 12.7 Å². The molecule has 0 spiro atoms. The highest BCUT2D eigenvalue weighted by molar-refractivity contribution is 7.89. The zero-order valence-corrected chi connectivity index (χ0v) is 14.8. The molecule has 0 radical (unpaired) electrons. The molecule has 2 fully saturated rings. The molecule has 1 unspecified atom stereocenters. The van der Waals surface area contributed by atoms with Crippen LogP contribution in [0.3, 0.4) is 0 Å². The van der Waals surface area contributed by atoms with Gasteiger partial charge in [-0.1, -0.05) is 0 Å². The van der Waals surface area contributed by atoms with Crippen LogP contribution in [0.5, 0.6) is 0 Å². The minimum atomic E-state index is -3.53. The van der Waals surface area contributed by atoms with E-state index in [-0.39, 0.29) is 23.1 Å². The number of nitrogens with one attached hydrogen (secondary N) is 1. The second-order valence-electron chi connectivity index (χ2n) is 6.00.